The van der Waals surface area contributed by atoms with E-state index in [1.807, 2.05) is 27.7 Å². The van der Waals surface area contributed by atoms with Crippen molar-refractivity contribution < 1.29 is 23.1 Å². The number of alkyl halides is 2. The van der Waals surface area contributed by atoms with E-state index >= 15 is 0 Å². The number of hydroxylamine groups is 2. The standard InChI is InChI=1S/C13H23F2NO3/c1-6-18-10(17)13(14,15)19-16-11(2,3)8-7-9-12(16,4)5/h6-9H2,1-5H3. The molecule has 0 saturated carbocycles. The third-order valence-corrected chi connectivity index (χ3v) is 3.40. The Bertz CT molecular complexity index is 327. The molecule has 1 saturated heterocycles. The normalized spacial score (nSPS) is 23.1. The van der Waals surface area contributed by atoms with E-state index in [1.54, 1.807) is 0 Å². The summed E-state index contributed by atoms with van der Waals surface area (Å²) in [5, 5.41) is 1.25. The average Bonchev–Trinajstić information content (AvgIpc) is 2.23. The Kier molecular flexibility index (Phi) is 4.57. The van der Waals surface area contributed by atoms with Crippen LogP contribution < -0.4 is 0 Å². The third kappa shape index (κ3) is 3.63. The van der Waals surface area contributed by atoms with Gasteiger partial charge in [-0.2, -0.15) is 13.8 Å². The van der Waals surface area contributed by atoms with E-state index < -0.39 is 23.2 Å². The van der Waals surface area contributed by atoms with Gasteiger partial charge in [-0.1, -0.05) is 0 Å². The van der Waals surface area contributed by atoms with Gasteiger partial charge in [0.2, 0.25) is 0 Å². The molecule has 112 valence electrons. The van der Waals surface area contributed by atoms with Gasteiger partial charge in [-0.25, -0.2) is 9.63 Å². The van der Waals surface area contributed by atoms with Crippen LogP contribution in [0.2, 0.25) is 0 Å². The lowest BCUT2D eigenvalue weighted by atomic mass is 9.82. The van der Waals surface area contributed by atoms with Gasteiger partial charge in [-0.3, -0.25) is 0 Å². The third-order valence-electron chi connectivity index (χ3n) is 3.40. The van der Waals surface area contributed by atoms with Crippen LogP contribution in [0.1, 0.15) is 53.9 Å². The second-order valence-corrected chi connectivity index (χ2v) is 6.10. The maximum Gasteiger partial charge on any atom is 0.472 e. The highest BCUT2D eigenvalue weighted by atomic mass is 19.3. The molecule has 0 unspecified atom stereocenters. The van der Waals surface area contributed by atoms with E-state index in [2.05, 4.69) is 4.74 Å². The van der Waals surface area contributed by atoms with E-state index in [0.29, 0.717) is 0 Å². The molecule has 19 heavy (non-hydrogen) atoms. The molecular formula is C13H23F2NO3. The number of esters is 1. The Balaban J connectivity index is 2.90. The predicted molar refractivity (Wildman–Crippen MR) is 66.5 cm³/mol. The van der Waals surface area contributed by atoms with Crippen molar-refractivity contribution in [1.82, 2.24) is 5.06 Å². The van der Waals surface area contributed by atoms with E-state index in [4.69, 9.17) is 4.84 Å². The molecule has 0 aromatic carbocycles. The fourth-order valence-corrected chi connectivity index (χ4v) is 2.59. The summed E-state index contributed by atoms with van der Waals surface area (Å²) >= 11 is 0. The zero-order chi connectivity index (χ0) is 14.9. The summed E-state index contributed by atoms with van der Waals surface area (Å²) < 4.78 is 31.8. The molecule has 0 spiro atoms. The molecule has 1 rings (SSSR count). The van der Waals surface area contributed by atoms with Crippen molar-refractivity contribution in [2.24, 2.45) is 0 Å². The van der Waals surface area contributed by atoms with Crippen LogP contribution in [0.5, 0.6) is 0 Å². The van der Waals surface area contributed by atoms with Crippen LogP contribution in [0.3, 0.4) is 0 Å². The average molecular weight is 279 g/mol. The minimum Gasteiger partial charge on any atom is -0.460 e. The monoisotopic (exact) mass is 279 g/mol. The predicted octanol–water partition coefficient (Wildman–Crippen LogP) is 3.12. The van der Waals surface area contributed by atoms with Crippen molar-refractivity contribution in [1.29, 1.82) is 0 Å². The number of carbonyl (C=O) groups is 1. The van der Waals surface area contributed by atoms with Gasteiger partial charge in [0.15, 0.2) is 0 Å². The Hall–Kier alpha value is -0.750. The van der Waals surface area contributed by atoms with Crippen molar-refractivity contribution in [2.45, 2.75) is 71.1 Å². The molecule has 4 nitrogen and oxygen atoms in total. The lowest BCUT2D eigenvalue weighted by Crippen LogP contribution is -2.61. The van der Waals surface area contributed by atoms with Crippen LogP contribution in [0.15, 0.2) is 0 Å². The number of carbonyl (C=O) groups excluding carboxylic acids is 1. The van der Waals surface area contributed by atoms with Crippen molar-refractivity contribution >= 4 is 5.97 Å². The summed E-state index contributed by atoms with van der Waals surface area (Å²) in [5.74, 6) is -1.65. The number of hydrogen-bond donors (Lipinski definition) is 0. The number of piperidine rings is 1. The van der Waals surface area contributed by atoms with Crippen molar-refractivity contribution in [2.75, 3.05) is 6.61 Å². The topological polar surface area (TPSA) is 38.8 Å². The zero-order valence-electron chi connectivity index (χ0n) is 12.3. The molecule has 0 amide bonds. The van der Waals surface area contributed by atoms with Gasteiger partial charge in [0.25, 0.3) is 0 Å². The lowest BCUT2D eigenvalue weighted by molar-refractivity contribution is -0.396. The van der Waals surface area contributed by atoms with E-state index in [9.17, 15) is 13.6 Å². The van der Waals surface area contributed by atoms with Gasteiger partial charge in [-0.15, -0.1) is 0 Å². The fourth-order valence-electron chi connectivity index (χ4n) is 2.59. The molecule has 0 atom stereocenters. The maximum atomic E-state index is 13.7. The van der Waals surface area contributed by atoms with Crippen LogP contribution in [-0.4, -0.2) is 34.8 Å². The Labute approximate surface area is 113 Å². The first-order chi connectivity index (χ1) is 8.53. The van der Waals surface area contributed by atoms with E-state index in [0.717, 1.165) is 19.3 Å². The highest BCUT2D eigenvalue weighted by Gasteiger charge is 2.52. The first kappa shape index (κ1) is 16.3. The quantitative estimate of drug-likeness (QED) is 0.741. The number of rotatable bonds is 4. The molecular weight excluding hydrogens is 256 g/mol. The highest BCUT2D eigenvalue weighted by molar-refractivity contribution is 5.75. The van der Waals surface area contributed by atoms with Crippen molar-refractivity contribution in [3.63, 3.8) is 0 Å². The first-order valence-corrected chi connectivity index (χ1v) is 6.57. The molecule has 0 aliphatic carbocycles. The lowest BCUT2D eigenvalue weighted by Gasteiger charge is -2.51. The Morgan fingerprint density at radius 3 is 2.11 bits per heavy atom. The highest BCUT2D eigenvalue weighted by Crippen LogP contribution is 2.40. The molecule has 1 aliphatic rings. The van der Waals surface area contributed by atoms with Gasteiger partial charge < -0.3 is 4.74 Å². The molecule has 6 heteroatoms. The van der Waals surface area contributed by atoms with Crippen LogP contribution in [0.4, 0.5) is 8.78 Å². The van der Waals surface area contributed by atoms with Crippen molar-refractivity contribution in [3.05, 3.63) is 0 Å². The van der Waals surface area contributed by atoms with Crippen LogP contribution in [-0.2, 0) is 14.4 Å². The molecule has 1 heterocycles. The minimum absolute atomic E-state index is 0.107. The summed E-state index contributed by atoms with van der Waals surface area (Å²) in [5.41, 5.74) is -1.12. The summed E-state index contributed by atoms with van der Waals surface area (Å²) in [6.45, 7) is 8.68. The zero-order valence-corrected chi connectivity index (χ0v) is 12.3. The van der Waals surface area contributed by atoms with Crippen LogP contribution >= 0.6 is 0 Å². The number of hydrogen-bond acceptors (Lipinski definition) is 4. The fraction of sp³-hybridized carbons (Fsp3) is 0.923. The molecule has 0 N–H and O–H groups in total. The van der Waals surface area contributed by atoms with Crippen LogP contribution in [0.25, 0.3) is 0 Å². The number of nitrogens with zero attached hydrogens (tertiary/aromatic N) is 1. The first-order valence-electron chi connectivity index (χ1n) is 6.57. The summed E-state index contributed by atoms with van der Waals surface area (Å²) in [6.07, 6.45) is -1.56. The maximum absolute atomic E-state index is 13.7. The number of halogens is 2. The van der Waals surface area contributed by atoms with Gasteiger partial charge in [0.05, 0.1) is 6.61 Å². The van der Waals surface area contributed by atoms with Gasteiger partial charge in [0.1, 0.15) is 0 Å². The molecule has 0 aromatic rings. The molecule has 0 aromatic heterocycles. The minimum atomic E-state index is -3.96. The smallest absolute Gasteiger partial charge is 0.460 e. The second-order valence-electron chi connectivity index (χ2n) is 6.10. The van der Waals surface area contributed by atoms with Gasteiger partial charge >= 0.3 is 12.1 Å². The molecule has 0 radical (unpaired) electrons. The van der Waals surface area contributed by atoms with Crippen LogP contribution in [0, 0.1) is 0 Å². The summed E-state index contributed by atoms with van der Waals surface area (Å²) in [7, 11) is 0. The summed E-state index contributed by atoms with van der Waals surface area (Å²) in [4.78, 5) is 16.0. The van der Waals surface area contributed by atoms with Crippen molar-refractivity contribution in [3.8, 4) is 0 Å². The largest absolute Gasteiger partial charge is 0.472 e. The molecule has 1 fully saturated rings. The molecule has 1 aliphatic heterocycles. The summed E-state index contributed by atoms with van der Waals surface area (Å²) in [6, 6.07) is 0. The van der Waals surface area contributed by atoms with E-state index in [-0.39, 0.29) is 6.61 Å². The Morgan fingerprint density at radius 2 is 1.68 bits per heavy atom. The SMILES string of the molecule is CCOC(=O)C(F)(F)ON1C(C)(C)CCCC1(C)C. The molecule has 0 bridgehead atoms. The number of ether oxygens (including phenoxy) is 1. The Morgan fingerprint density at radius 1 is 1.21 bits per heavy atom. The van der Waals surface area contributed by atoms with Gasteiger partial charge in [0, 0.05) is 11.1 Å². The van der Waals surface area contributed by atoms with E-state index in [1.165, 1.54) is 12.0 Å². The van der Waals surface area contributed by atoms with Gasteiger partial charge in [-0.05, 0) is 53.9 Å². The second kappa shape index (κ2) is 5.32.